The summed E-state index contributed by atoms with van der Waals surface area (Å²) in [4.78, 5) is 0. The third-order valence-electron chi connectivity index (χ3n) is 2.54. The van der Waals surface area contributed by atoms with Gasteiger partial charge in [-0.05, 0) is 37.7 Å². The standard InChI is InChI=1S/C13H23N/c1-5-8-13(10-9-11(4)14)12(6-2)7-3/h6,9-10,12-14H,2,5,7-8H2,1,3-4H3/b10-9-,14-11?. The first-order valence-electron chi connectivity index (χ1n) is 5.51. The highest BCUT2D eigenvalue weighted by Crippen LogP contribution is 2.23. The Morgan fingerprint density at radius 1 is 1.36 bits per heavy atom. The van der Waals surface area contributed by atoms with Crippen LogP contribution < -0.4 is 0 Å². The van der Waals surface area contributed by atoms with Crippen molar-refractivity contribution in [3.63, 3.8) is 0 Å². The second-order valence-electron chi connectivity index (χ2n) is 3.80. The molecule has 0 saturated carbocycles. The molecular formula is C13H23N. The number of allylic oxidation sites excluding steroid dienone is 3. The highest BCUT2D eigenvalue weighted by molar-refractivity contribution is 5.89. The fourth-order valence-corrected chi connectivity index (χ4v) is 1.70. The lowest BCUT2D eigenvalue weighted by Crippen LogP contribution is -2.09. The Morgan fingerprint density at radius 2 is 2.00 bits per heavy atom. The normalized spacial score (nSPS) is 15.4. The Morgan fingerprint density at radius 3 is 2.36 bits per heavy atom. The van der Waals surface area contributed by atoms with Crippen LogP contribution in [0.15, 0.2) is 24.8 Å². The van der Waals surface area contributed by atoms with Gasteiger partial charge in [0.15, 0.2) is 0 Å². The van der Waals surface area contributed by atoms with Gasteiger partial charge in [-0.3, -0.25) is 0 Å². The van der Waals surface area contributed by atoms with E-state index >= 15 is 0 Å². The van der Waals surface area contributed by atoms with Crippen molar-refractivity contribution in [2.75, 3.05) is 0 Å². The van der Waals surface area contributed by atoms with Crippen molar-refractivity contribution in [1.29, 1.82) is 5.41 Å². The molecule has 0 spiro atoms. The van der Waals surface area contributed by atoms with Crippen molar-refractivity contribution in [3.8, 4) is 0 Å². The number of rotatable bonds is 7. The molecule has 0 aliphatic rings. The van der Waals surface area contributed by atoms with Crippen LogP contribution in [0.3, 0.4) is 0 Å². The molecule has 0 fully saturated rings. The van der Waals surface area contributed by atoms with Crippen LogP contribution in [-0.4, -0.2) is 5.71 Å². The lowest BCUT2D eigenvalue weighted by Gasteiger charge is -2.19. The minimum atomic E-state index is 0.558. The molecule has 0 aliphatic heterocycles. The lowest BCUT2D eigenvalue weighted by atomic mass is 9.86. The summed E-state index contributed by atoms with van der Waals surface area (Å²) in [5.74, 6) is 1.12. The molecule has 2 unspecified atom stereocenters. The minimum absolute atomic E-state index is 0.558. The molecule has 0 amide bonds. The van der Waals surface area contributed by atoms with Gasteiger partial charge < -0.3 is 5.41 Å². The van der Waals surface area contributed by atoms with E-state index in [0.29, 0.717) is 17.5 Å². The molecule has 0 aromatic rings. The Hall–Kier alpha value is -0.850. The Labute approximate surface area is 88.4 Å². The average molecular weight is 193 g/mol. The molecule has 0 rings (SSSR count). The van der Waals surface area contributed by atoms with E-state index in [1.807, 2.05) is 19.1 Å². The van der Waals surface area contributed by atoms with Gasteiger partial charge in [0.05, 0.1) is 0 Å². The van der Waals surface area contributed by atoms with Crippen LogP contribution in [0, 0.1) is 17.2 Å². The maximum absolute atomic E-state index is 7.36. The van der Waals surface area contributed by atoms with Gasteiger partial charge in [0.25, 0.3) is 0 Å². The van der Waals surface area contributed by atoms with Crippen LogP contribution in [0.1, 0.15) is 40.0 Å². The summed E-state index contributed by atoms with van der Waals surface area (Å²) < 4.78 is 0. The molecule has 1 heteroatoms. The molecule has 1 nitrogen and oxygen atoms in total. The van der Waals surface area contributed by atoms with Crippen LogP contribution in [0.4, 0.5) is 0 Å². The van der Waals surface area contributed by atoms with Gasteiger partial charge >= 0.3 is 0 Å². The molecule has 0 aliphatic carbocycles. The predicted octanol–water partition coefficient (Wildman–Crippen LogP) is 4.21. The fourth-order valence-electron chi connectivity index (χ4n) is 1.70. The third kappa shape index (κ3) is 5.00. The second-order valence-corrected chi connectivity index (χ2v) is 3.80. The zero-order valence-electron chi connectivity index (χ0n) is 9.72. The molecule has 0 aromatic carbocycles. The van der Waals surface area contributed by atoms with E-state index in [2.05, 4.69) is 26.5 Å². The van der Waals surface area contributed by atoms with E-state index in [0.717, 1.165) is 6.42 Å². The zero-order valence-corrected chi connectivity index (χ0v) is 9.72. The number of hydrogen-bond acceptors (Lipinski definition) is 1. The Kier molecular flexibility index (Phi) is 7.09. The van der Waals surface area contributed by atoms with Crippen molar-refractivity contribution >= 4 is 5.71 Å². The largest absolute Gasteiger partial charge is 0.306 e. The molecule has 80 valence electrons. The fraction of sp³-hybridized carbons (Fsp3) is 0.615. The summed E-state index contributed by atoms with van der Waals surface area (Å²) >= 11 is 0. The van der Waals surface area contributed by atoms with Crippen molar-refractivity contribution < 1.29 is 0 Å². The first kappa shape index (κ1) is 13.2. The molecule has 2 atom stereocenters. The number of hydrogen-bond donors (Lipinski definition) is 1. The van der Waals surface area contributed by atoms with Crippen LogP contribution >= 0.6 is 0 Å². The zero-order chi connectivity index (χ0) is 11.0. The first-order valence-corrected chi connectivity index (χ1v) is 5.51. The molecule has 0 bridgehead atoms. The number of nitrogens with one attached hydrogen (secondary N) is 1. The summed E-state index contributed by atoms with van der Waals surface area (Å²) in [7, 11) is 0. The SMILES string of the molecule is C=CC(CC)C(/C=C\C(C)=N)CCC. The van der Waals surface area contributed by atoms with Crippen molar-refractivity contribution in [2.24, 2.45) is 11.8 Å². The van der Waals surface area contributed by atoms with Crippen molar-refractivity contribution in [1.82, 2.24) is 0 Å². The van der Waals surface area contributed by atoms with E-state index in [1.54, 1.807) is 0 Å². The molecule has 0 aromatic heterocycles. The maximum atomic E-state index is 7.36. The summed E-state index contributed by atoms with van der Waals surface area (Å²) in [5, 5.41) is 7.36. The van der Waals surface area contributed by atoms with Crippen LogP contribution in [0.2, 0.25) is 0 Å². The van der Waals surface area contributed by atoms with Gasteiger partial charge in [0, 0.05) is 5.71 Å². The van der Waals surface area contributed by atoms with E-state index in [4.69, 9.17) is 5.41 Å². The summed E-state index contributed by atoms with van der Waals surface area (Å²) in [6, 6.07) is 0. The van der Waals surface area contributed by atoms with Crippen molar-refractivity contribution in [2.45, 2.75) is 40.0 Å². The van der Waals surface area contributed by atoms with Gasteiger partial charge in [-0.2, -0.15) is 0 Å². The topological polar surface area (TPSA) is 23.9 Å². The summed E-state index contributed by atoms with van der Waals surface area (Å²) in [6.07, 6.45) is 9.64. The quantitative estimate of drug-likeness (QED) is 0.462. The summed E-state index contributed by atoms with van der Waals surface area (Å²) in [6.45, 7) is 10.1. The van der Waals surface area contributed by atoms with Gasteiger partial charge in [0.2, 0.25) is 0 Å². The van der Waals surface area contributed by atoms with E-state index in [-0.39, 0.29) is 0 Å². The van der Waals surface area contributed by atoms with Crippen LogP contribution in [0.5, 0.6) is 0 Å². The van der Waals surface area contributed by atoms with Crippen LogP contribution in [-0.2, 0) is 0 Å². The van der Waals surface area contributed by atoms with Gasteiger partial charge in [-0.25, -0.2) is 0 Å². The maximum Gasteiger partial charge on any atom is 0.0279 e. The Bertz CT molecular complexity index is 203. The third-order valence-corrected chi connectivity index (χ3v) is 2.54. The highest BCUT2D eigenvalue weighted by atomic mass is 14.4. The lowest BCUT2D eigenvalue weighted by molar-refractivity contribution is 0.430. The van der Waals surface area contributed by atoms with Crippen LogP contribution in [0.25, 0.3) is 0 Å². The molecule has 0 radical (unpaired) electrons. The van der Waals surface area contributed by atoms with Gasteiger partial charge in [-0.15, -0.1) is 6.58 Å². The molecule has 0 heterocycles. The highest BCUT2D eigenvalue weighted by Gasteiger charge is 2.12. The molecule has 0 saturated heterocycles. The Balaban J connectivity index is 4.39. The first-order chi connectivity index (χ1) is 6.65. The molecule has 1 N–H and O–H groups in total. The van der Waals surface area contributed by atoms with Gasteiger partial charge in [-0.1, -0.05) is 32.4 Å². The summed E-state index contributed by atoms with van der Waals surface area (Å²) in [5.41, 5.74) is 0.630. The van der Waals surface area contributed by atoms with E-state index in [9.17, 15) is 0 Å². The van der Waals surface area contributed by atoms with E-state index in [1.165, 1.54) is 12.8 Å². The molecule has 14 heavy (non-hydrogen) atoms. The predicted molar refractivity (Wildman–Crippen MR) is 64.9 cm³/mol. The second kappa shape index (κ2) is 7.54. The minimum Gasteiger partial charge on any atom is -0.306 e. The van der Waals surface area contributed by atoms with Gasteiger partial charge in [0.1, 0.15) is 0 Å². The van der Waals surface area contributed by atoms with Crippen molar-refractivity contribution in [3.05, 3.63) is 24.8 Å². The monoisotopic (exact) mass is 193 g/mol. The molecular weight excluding hydrogens is 170 g/mol. The average Bonchev–Trinajstić information content (AvgIpc) is 2.15. The smallest absolute Gasteiger partial charge is 0.0279 e. The van der Waals surface area contributed by atoms with E-state index < -0.39 is 0 Å².